The number of ether oxygens (including phenoxy) is 3. The number of hydrogen-bond donors (Lipinski definition) is 2. The number of amides is 3. The van der Waals surface area contributed by atoms with Crippen LogP contribution in [0.5, 0.6) is 11.5 Å². The highest BCUT2D eigenvalue weighted by Gasteiger charge is 2.13. The Morgan fingerprint density at radius 1 is 1.04 bits per heavy atom. The fraction of sp³-hybridized carbons (Fsp3) is 0.471. The molecule has 0 heterocycles. The molecule has 0 spiro atoms. The van der Waals surface area contributed by atoms with Crippen molar-refractivity contribution in [3.63, 3.8) is 0 Å². The Hall–Kier alpha value is -2.77. The van der Waals surface area contributed by atoms with E-state index in [1.807, 2.05) is 20.8 Å². The standard InChI is InChI=1S/C17H24N2O6/c1-4-12(3)18-17(22)19-15(20)10-25-16(21)11-24-14-9-7-6-8-13(14)23-5-2/h6-9,12H,4-5,10-11H2,1-3H3,(H2,18,19,20,22)/t12-/m0/s1. The molecular formula is C17H24N2O6. The van der Waals surface area contributed by atoms with Crippen molar-refractivity contribution in [1.29, 1.82) is 0 Å². The highest BCUT2D eigenvalue weighted by Crippen LogP contribution is 2.26. The Morgan fingerprint density at radius 2 is 1.68 bits per heavy atom. The van der Waals surface area contributed by atoms with Crippen LogP contribution >= 0.6 is 0 Å². The van der Waals surface area contributed by atoms with Crippen LogP contribution in [0.3, 0.4) is 0 Å². The van der Waals surface area contributed by atoms with Crippen molar-refractivity contribution >= 4 is 17.9 Å². The molecule has 8 nitrogen and oxygen atoms in total. The number of carbonyl (C=O) groups is 3. The van der Waals surface area contributed by atoms with Crippen molar-refractivity contribution in [3.8, 4) is 11.5 Å². The number of carbonyl (C=O) groups excluding carboxylic acids is 3. The van der Waals surface area contributed by atoms with Crippen LogP contribution in [-0.2, 0) is 14.3 Å². The van der Waals surface area contributed by atoms with Gasteiger partial charge in [-0.05, 0) is 32.4 Å². The third kappa shape index (κ3) is 8.05. The van der Waals surface area contributed by atoms with Gasteiger partial charge in [0.1, 0.15) is 0 Å². The smallest absolute Gasteiger partial charge is 0.344 e. The molecule has 0 bridgehead atoms. The molecule has 0 aliphatic heterocycles. The molecule has 0 fully saturated rings. The van der Waals surface area contributed by atoms with Crippen molar-refractivity contribution in [2.45, 2.75) is 33.2 Å². The van der Waals surface area contributed by atoms with E-state index in [2.05, 4.69) is 10.6 Å². The molecule has 25 heavy (non-hydrogen) atoms. The van der Waals surface area contributed by atoms with E-state index < -0.39 is 24.5 Å². The maximum Gasteiger partial charge on any atom is 0.344 e. The summed E-state index contributed by atoms with van der Waals surface area (Å²) < 4.78 is 15.4. The Bertz CT molecular complexity index is 590. The number of nitrogens with one attached hydrogen (secondary N) is 2. The zero-order chi connectivity index (χ0) is 18.7. The Kier molecular flexibility index (Phi) is 8.84. The maximum absolute atomic E-state index is 11.6. The molecule has 3 amide bonds. The van der Waals surface area contributed by atoms with Gasteiger partial charge < -0.3 is 19.5 Å². The first-order valence-electron chi connectivity index (χ1n) is 8.06. The van der Waals surface area contributed by atoms with Crippen molar-refractivity contribution < 1.29 is 28.6 Å². The summed E-state index contributed by atoms with van der Waals surface area (Å²) in [5.74, 6) is -0.538. The third-order valence-corrected chi connectivity index (χ3v) is 3.10. The van der Waals surface area contributed by atoms with Gasteiger partial charge in [-0.1, -0.05) is 19.1 Å². The van der Waals surface area contributed by atoms with Crippen LogP contribution in [0.2, 0.25) is 0 Å². The number of benzene rings is 1. The minimum Gasteiger partial charge on any atom is -0.490 e. The summed E-state index contributed by atoms with van der Waals surface area (Å²) in [6.07, 6.45) is 0.733. The van der Waals surface area contributed by atoms with Crippen LogP contribution < -0.4 is 20.1 Å². The fourth-order valence-electron chi connectivity index (χ4n) is 1.69. The molecule has 8 heteroatoms. The van der Waals surface area contributed by atoms with Gasteiger partial charge in [0, 0.05) is 6.04 Å². The predicted octanol–water partition coefficient (Wildman–Crippen LogP) is 1.63. The van der Waals surface area contributed by atoms with Crippen molar-refractivity contribution in [3.05, 3.63) is 24.3 Å². The lowest BCUT2D eigenvalue weighted by molar-refractivity contribution is -0.150. The fourth-order valence-corrected chi connectivity index (χ4v) is 1.69. The van der Waals surface area contributed by atoms with E-state index in [1.54, 1.807) is 24.3 Å². The largest absolute Gasteiger partial charge is 0.490 e. The quantitative estimate of drug-likeness (QED) is 0.655. The number of para-hydroxylation sites is 2. The van der Waals surface area contributed by atoms with E-state index in [0.29, 0.717) is 18.1 Å². The lowest BCUT2D eigenvalue weighted by Crippen LogP contribution is -2.44. The Morgan fingerprint density at radius 3 is 2.28 bits per heavy atom. The molecule has 1 atom stereocenters. The lowest BCUT2D eigenvalue weighted by atomic mass is 10.3. The summed E-state index contributed by atoms with van der Waals surface area (Å²) in [4.78, 5) is 34.6. The SMILES string of the molecule is CCOc1ccccc1OCC(=O)OCC(=O)NC(=O)N[C@@H](C)CC. The predicted molar refractivity (Wildman–Crippen MR) is 90.5 cm³/mol. The topological polar surface area (TPSA) is 103 Å². The molecule has 0 aliphatic rings. The molecule has 0 aromatic heterocycles. The molecule has 0 aliphatic carbocycles. The van der Waals surface area contributed by atoms with E-state index in [0.717, 1.165) is 6.42 Å². The van der Waals surface area contributed by atoms with E-state index in [-0.39, 0.29) is 12.6 Å². The minimum absolute atomic E-state index is 0.0610. The zero-order valence-electron chi connectivity index (χ0n) is 14.7. The highest BCUT2D eigenvalue weighted by atomic mass is 16.6. The molecule has 0 unspecified atom stereocenters. The van der Waals surface area contributed by atoms with Gasteiger partial charge in [0.25, 0.3) is 5.91 Å². The normalized spacial score (nSPS) is 11.2. The van der Waals surface area contributed by atoms with Gasteiger partial charge in [0.2, 0.25) is 0 Å². The molecule has 1 rings (SSSR count). The summed E-state index contributed by atoms with van der Waals surface area (Å²) in [5, 5.41) is 4.64. The van der Waals surface area contributed by atoms with Gasteiger partial charge in [-0.2, -0.15) is 0 Å². The summed E-state index contributed by atoms with van der Waals surface area (Å²) in [5.41, 5.74) is 0. The second-order valence-electron chi connectivity index (χ2n) is 5.16. The second-order valence-corrected chi connectivity index (χ2v) is 5.16. The summed E-state index contributed by atoms with van der Waals surface area (Å²) in [7, 11) is 0. The summed E-state index contributed by atoms with van der Waals surface area (Å²) in [6.45, 7) is 5.06. The van der Waals surface area contributed by atoms with Crippen LogP contribution in [0.4, 0.5) is 4.79 Å². The number of urea groups is 1. The first-order chi connectivity index (χ1) is 12.0. The van der Waals surface area contributed by atoms with Gasteiger partial charge in [-0.15, -0.1) is 0 Å². The first-order valence-corrected chi connectivity index (χ1v) is 8.06. The number of rotatable bonds is 9. The van der Waals surface area contributed by atoms with Gasteiger partial charge >= 0.3 is 12.0 Å². The molecule has 0 saturated heterocycles. The highest BCUT2D eigenvalue weighted by molar-refractivity contribution is 5.95. The maximum atomic E-state index is 11.6. The molecule has 0 saturated carbocycles. The molecule has 1 aromatic carbocycles. The van der Waals surface area contributed by atoms with Crippen LogP contribution in [0.1, 0.15) is 27.2 Å². The van der Waals surface area contributed by atoms with E-state index in [9.17, 15) is 14.4 Å². The second kappa shape index (κ2) is 10.9. The average molecular weight is 352 g/mol. The summed E-state index contributed by atoms with van der Waals surface area (Å²) >= 11 is 0. The number of esters is 1. The Labute approximate surface area is 146 Å². The van der Waals surface area contributed by atoms with Crippen LogP contribution in [0.25, 0.3) is 0 Å². The molecule has 138 valence electrons. The van der Waals surface area contributed by atoms with E-state index in [1.165, 1.54) is 0 Å². The molecule has 0 radical (unpaired) electrons. The zero-order valence-corrected chi connectivity index (χ0v) is 14.7. The van der Waals surface area contributed by atoms with Crippen molar-refractivity contribution in [2.24, 2.45) is 0 Å². The van der Waals surface area contributed by atoms with Gasteiger partial charge in [-0.3, -0.25) is 10.1 Å². The molecule has 1 aromatic rings. The van der Waals surface area contributed by atoms with Gasteiger partial charge in [0.15, 0.2) is 24.7 Å². The number of hydrogen-bond acceptors (Lipinski definition) is 6. The van der Waals surface area contributed by atoms with Crippen molar-refractivity contribution in [1.82, 2.24) is 10.6 Å². The Balaban J connectivity index is 2.33. The first kappa shape index (κ1) is 20.3. The molecular weight excluding hydrogens is 328 g/mol. The minimum atomic E-state index is -0.733. The van der Waals surface area contributed by atoms with Crippen LogP contribution in [-0.4, -0.2) is 43.8 Å². The number of imide groups is 1. The van der Waals surface area contributed by atoms with Crippen LogP contribution in [0, 0.1) is 0 Å². The van der Waals surface area contributed by atoms with Crippen molar-refractivity contribution in [2.75, 3.05) is 19.8 Å². The van der Waals surface area contributed by atoms with Crippen LogP contribution in [0.15, 0.2) is 24.3 Å². The summed E-state index contributed by atoms with van der Waals surface area (Å²) in [6, 6.07) is 6.21. The molecule has 2 N–H and O–H groups in total. The van der Waals surface area contributed by atoms with E-state index in [4.69, 9.17) is 14.2 Å². The van der Waals surface area contributed by atoms with E-state index >= 15 is 0 Å². The third-order valence-electron chi connectivity index (χ3n) is 3.10. The monoisotopic (exact) mass is 352 g/mol. The average Bonchev–Trinajstić information content (AvgIpc) is 2.59. The van der Waals surface area contributed by atoms with Gasteiger partial charge in [0.05, 0.1) is 6.61 Å². The lowest BCUT2D eigenvalue weighted by Gasteiger charge is -2.12. The van der Waals surface area contributed by atoms with Gasteiger partial charge in [-0.25, -0.2) is 9.59 Å².